The van der Waals surface area contributed by atoms with Gasteiger partial charge in [-0.25, -0.2) is 0 Å². The molecule has 1 aliphatic carbocycles. The molecule has 1 N–H and O–H groups in total. The van der Waals surface area contributed by atoms with Gasteiger partial charge in [0.1, 0.15) is 0 Å². The summed E-state index contributed by atoms with van der Waals surface area (Å²) in [7, 11) is 0. The van der Waals surface area contributed by atoms with Gasteiger partial charge < -0.3 is 5.32 Å². The highest BCUT2D eigenvalue weighted by molar-refractivity contribution is 4.93. The van der Waals surface area contributed by atoms with Crippen molar-refractivity contribution in [1.29, 1.82) is 0 Å². The van der Waals surface area contributed by atoms with Crippen LogP contribution in [0.5, 0.6) is 0 Å². The SMILES string of the molecule is C#CCC(CC)NC(CC)C1CC1. The van der Waals surface area contributed by atoms with Crippen LogP contribution in [0.4, 0.5) is 0 Å². The Morgan fingerprint density at radius 2 is 2.08 bits per heavy atom. The summed E-state index contributed by atoms with van der Waals surface area (Å²) < 4.78 is 0. The van der Waals surface area contributed by atoms with Crippen molar-refractivity contribution in [1.82, 2.24) is 5.32 Å². The second-order valence-corrected chi connectivity index (χ2v) is 4.03. The van der Waals surface area contributed by atoms with Crippen molar-refractivity contribution in [3.8, 4) is 12.3 Å². The third-order valence-electron chi connectivity index (χ3n) is 2.94. The average Bonchev–Trinajstić information content (AvgIpc) is 2.95. The van der Waals surface area contributed by atoms with Crippen molar-refractivity contribution in [2.45, 2.75) is 58.0 Å². The van der Waals surface area contributed by atoms with Crippen molar-refractivity contribution in [2.75, 3.05) is 0 Å². The van der Waals surface area contributed by atoms with Crippen LogP contribution >= 0.6 is 0 Å². The first-order valence-electron chi connectivity index (χ1n) is 5.51. The van der Waals surface area contributed by atoms with Crippen molar-refractivity contribution < 1.29 is 0 Å². The standard InChI is InChI=1S/C12H21N/c1-4-7-11(5-2)13-12(6-3)10-8-9-10/h1,10-13H,5-9H2,2-3H3. The number of rotatable bonds is 6. The molecule has 1 nitrogen and oxygen atoms in total. The molecule has 0 aromatic heterocycles. The summed E-state index contributed by atoms with van der Waals surface area (Å²) in [6.07, 6.45) is 11.4. The summed E-state index contributed by atoms with van der Waals surface area (Å²) in [5.41, 5.74) is 0. The topological polar surface area (TPSA) is 12.0 Å². The predicted octanol–water partition coefficient (Wildman–Crippen LogP) is 2.57. The first-order chi connectivity index (χ1) is 6.31. The lowest BCUT2D eigenvalue weighted by Crippen LogP contribution is -2.38. The Bertz CT molecular complexity index is 176. The third-order valence-corrected chi connectivity index (χ3v) is 2.94. The minimum atomic E-state index is 0.538. The molecule has 0 saturated heterocycles. The molecule has 0 aromatic rings. The van der Waals surface area contributed by atoms with Crippen LogP contribution in [0.2, 0.25) is 0 Å². The van der Waals surface area contributed by atoms with Gasteiger partial charge >= 0.3 is 0 Å². The smallest absolute Gasteiger partial charge is 0.0240 e. The van der Waals surface area contributed by atoms with E-state index < -0.39 is 0 Å². The summed E-state index contributed by atoms with van der Waals surface area (Å²) in [6.45, 7) is 4.47. The molecule has 2 unspecified atom stereocenters. The fourth-order valence-corrected chi connectivity index (χ4v) is 1.85. The Hall–Kier alpha value is -0.480. The second-order valence-electron chi connectivity index (χ2n) is 4.03. The first kappa shape index (κ1) is 10.6. The van der Waals surface area contributed by atoms with Gasteiger partial charge in [0.25, 0.3) is 0 Å². The quantitative estimate of drug-likeness (QED) is 0.618. The normalized spacial score (nSPS) is 20.7. The lowest BCUT2D eigenvalue weighted by Gasteiger charge is -2.22. The van der Waals surface area contributed by atoms with E-state index >= 15 is 0 Å². The summed E-state index contributed by atoms with van der Waals surface area (Å²) in [5, 5.41) is 3.67. The fraction of sp³-hybridized carbons (Fsp3) is 0.833. The van der Waals surface area contributed by atoms with E-state index in [0.29, 0.717) is 6.04 Å². The molecule has 0 spiro atoms. The van der Waals surface area contributed by atoms with Gasteiger partial charge in [-0.2, -0.15) is 0 Å². The molecule has 1 rings (SSSR count). The van der Waals surface area contributed by atoms with E-state index in [2.05, 4.69) is 25.1 Å². The van der Waals surface area contributed by atoms with Crippen LogP contribution < -0.4 is 5.32 Å². The highest BCUT2D eigenvalue weighted by Crippen LogP contribution is 2.34. The summed E-state index contributed by atoms with van der Waals surface area (Å²) in [6, 6.07) is 1.26. The van der Waals surface area contributed by atoms with Crippen molar-refractivity contribution in [2.24, 2.45) is 5.92 Å². The molecule has 1 fully saturated rings. The minimum absolute atomic E-state index is 0.538. The fourth-order valence-electron chi connectivity index (χ4n) is 1.85. The van der Waals surface area contributed by atoms with Crippen LogP contribution in [-0.2, 0) is 0 Å². The lowest BCUT2D eigenvalue weighted by molar-refractivity contribution is 0.380. The molecule has 0 bridgehead atoms. The molecule has 13 heavy (non-hydrogen) atoms. The van der Waals surface area contributed by atoms with E-state index in [1.807, 2.05) is 0 Å². The van der Waals surface area contributed by atoms with Gasteiger partial charge in [0.15, 0.2) is 0 Å². The predicted molar refractivity (Wildman–Crippen MR) is 57.5 cm³/mol. The maximum atomic E-state index is 5.32. The van der Waals surface area contributed by atoms with Crippen LogP contribution in [0.15, 0.2) is 0 Å². The monoisotopic (exact) mass is 179 g/mol. The van der Waals surface area contributed by atoms with E-state index in [-0.39, 0.29) is 0 Å². The van der Waals surface area contributed by atoms with Gasteiger partial charge in [-0.1, -0.05) is 13.8 Å². The molecule has 1 aliphatic rings. The van der Waals surface area contributed by atoms with E-state index in [1.165, 1.54) is 19.3 Å². The van der Waals surface area contributed by atoms with Crippen molar-refractivity contribution in [3.05, 3.63) is 0 Å². The van der Waals surface area contributed by atoms with E-state index in [4.69, 9.17) is 6.42 Å². The number of terminal acetylenes is 1. The zero-order valence-corrected chi connectivity index (χ0v) is 8.84. The highest BCUT2D eigenvalue weighted by Gasteiger charge is 2.30. The molecule has 1 saturated carbocycles. The van der Waals surface area contributed by atoms with Gasteiger partial charge in [0.2, 0.25) is 0 Å². The van der Waals surface area contributed by atoms with Crippen LogP contribution in [0.1, 0.15) is 46.0 Å². The van der Waals surface area contributed by atoms with Crippen molar-refractivity contribution >= 4 is 0 Å². The number of nitrogens with one attached hydrogen (secondary N) is 1. The molecular weight excluding hydrogens is 158 g/mol. The van der Waals surface area contributed by atoms with Gasteiger partial charge in [-0.05, 0) is 31.6 Å². The molecule has 1 heteroatoms. The highest BCUT2D eigenvalue weighted by atomic mass is 15.0. The molecule has 0 amide bonds. The lowest BCUT2D eigenvalue weighted by atomic mass is 10.1. The number of hydrogen-bond acceptors (Lipinski definition) is 1. The zero-order chi connectivity index (χ0) is 9.68. The molecule has 2 atom stereocenters. The summed E-state index contributed by atoms with van der Waals surface area (Å²) in [4.78, 5) is 0. The maximum absolute atomic E-state index is 5.32. The molecule has 0 radical (unpaired) electrons. The Kier molecular flexibility index (Phi) is 4.32. The zero-order valence-electron chi connectivity index (χ0n) is 8.84. The van der Waals surface area contributed by atoms with Crippen LogP contribution in [0, 0.1) is 18.3 Å². The van der Waals surface area contributed by atoms with Crippen molar-refractivity contribution in [3.63, 3.8) is 0 Å². The van der Waals surface area contributed by atoms with Gasteiger partial charge in [0.05, 0.1) is 0 Å². The van der Waals surface area contributed by atoms with Gasteiger partial charge in [0, 0.05) is 18.5 Å². The Balaban J connectivity index is 2.29. The third kappa shape index (κ3) is 3.40. The van der Waals surface area contributed by atoms with Crippen LogP contribution in [0.3, 0.4) is 0 Å². The molecule has 74 valence electrons. The number of hydrogen-bond donors (Lipinski definition) is 1. The van der Waals surface area contributed by atoms with Gasteiger partial charge in [-0.15, -0.1) is 12.3 Å². The van der Waals surface area contributed by atoms with Gasteiger partial charge in [-0.3, -0.25) is 0 Å². The largest absolute Gasteiger partial charge is 0.310 e. The second kappa shape index (κ2) is 5.29. The Morgan fingerprint density at radius 3 is 2.46 bits per heavy atom. The summed E-state index contributed by atoms with van der Waals surface area (Å²) in [5.74, 6) is 3.69. The average molecular weight is 179 g/mol. The Morgan fingerprint density at radius 1 is 1.38 bits per heavy atom. The molecule has 0 aromatic carbocycles. The Labute approximate surface area is 82.3 Å². The maximum Gasteiger partial charge on any atom is 0.0240 e. The summed E-state index contributed by atoms with van der Waals surface area (Å²) >= 11 is 0. The van der Waals surface area contributed by atoms with E-state index in [9.17, 15) is 0 Å². The van der Waals surface area contributed by atoms with Crippen LogP contribution in [-0.4, -0.2) is 12.1 Å². The van der Waals surface area contributed by atoms with E-state index in [1.54, 1.807) is 0 Å². The molecule has 0 heterocycles. The molecular formula is C12H21N. The first-order valence-corrected chi connectivity index (χ1v) is 5.51. The molecule has 0 aliphatic heterocycles. The van der Waals surface area contributed by atoms with Crippen LogP contribution in [0.25, 0.3) is 0 Å². The minimum Gasteiger partial charge on any atom is -0.310 e. The van der Waals surface area contributed by atoms with E-state index in [0.717, 1.165) is 24.8 Å².